The highest BCUT2D eigenvalue weighted by atomic mass is 16.3. The molecule has 8 rings (SSSR count). The summed E-state index contributed by atoms with van der Waals surface area (Å²) in [7, 11) is 0. The van der Waals surface area contributed by atoms with Crippen LogP contribution in [0.5, 0.6) is 0 Å². The quantitative estimate of drug-likeness (QED) is 0.212. The van der Waals surface area contributed by atoms with E-state index in [9.17, 15) is 10.5 Å². The van der Waals surface area contributed by atoms with Gasteiger partial charge >= 0.3 is 0 Å². The number of hydrogen-bond donors (Lipinski definition) is 0. The SMILES string of the molecule is N#Cc1nc(C#N)c2oc3cc(-c4cccc(-c5ccc6c7ccccc7c7ccccc7c6c5)c4)ccc3c2n1. The summed E-state index contributed by atoms with van der Waals surface area (Å²) in [5.41, 5.74) is 5.68. The van der Waals surface area contributed by atoms with Crippen molar-refractivity contribution in [2.24, 2.45) is 0 Å². The van der Waals surface area contributed by atoms with Crippen LogP contribution in [0.25, 0.3) is 76.6 Å². The van der Waals surface area contributed by atoms with E-state index in [0.29, 0.717) is 16.7 Å². The molecule has 0 saturated carbocycles. The molecule has 0 bridgehead atoms. The Bertz CT molecular complexity index is 2420. The Morgan fingerprint density at radius 1 is 0.488 bits per heavy atom. The minimum Gasteiger partial charge on any atom is -0.451 e. The largest absolute Gasteiger partial charge is 0.451 e. The molecule has 0 N–H and O–H groups in total. The van der Waals surface area contributed by atoms with Crippen molar-refractivity contribution in [3.63, 3.8) is 0 Å². The van der Waals surface area contributed by atoms with E-state index in [1.165, 1.54) is 32.3 Å². The molecule has 0 saturated heterocycles. The molecular formula is C36H18N4O. The fourth-order valence-electron chi connectivity index (χ4n) is 5.91. The predicted octanol–water partition coefficient (Wildman–Crippen LogP) is 8.91. The van der Waals surface area contributed by atoms with Gasteiger partial charge in [-0.3, -0.25) is 0 Å². The minimum atomic E-state index is -0.0512. The van der Waals surface area contributed by atoms with Crippen molar-refractivity contribution in [2.75, 3.05) is 0 Å². The molecule has 0 aliphatic rings. The first-order valence-corrected chi connectivity index (χ1v) is 13.2. The molecule has 0 aliphatic carbocycles. The van der Waals surface area contributed by atoms with E-state index in [1.54, 1.807) is 0 Å². The number of rotatable bonds is 2. The van der Waals surface area contributed by atoms with Crippen LogP contribution in [-0.2, 0) is 0 Å². The molecule has 0 radical (unpaired) electrons. The van der Waals surface area contributed by atoms with Gasteiger partial charge < -0.3 is 4.42 Å². The van der Waals surface area contributed by atoms with Gasteiger partial charge in [0.1, 0.15) is 23.2 Å². The average molecular weight is 523 g/mol. The molecule has 0 atom stereocenters. The maximum Gasteiger partial charge on any atom is 0.234 e. The topological polar surface area (TPSA) is 86.5 Å². The van der Waals surface area contributed by atoms with Gasteiger partial charge in [-0.1, -0.05) is 84.9 Å². The highest BCUT2D eigenvalue weighted by Gasteiger charge is 2.17. The normalized spacial score (nSPS) is 11.4. The molecule has 0 fully saturated rings. The lowest BCUT2D eigenvalue weighted by molar-refractivity contribution is 0.664. The van der Waals surface area contributed by atoms with Crippen molar-refractivity contribution in [1.29, 1.82) is 10.5 Å². The second-order valence-corrected chi connectivity index (χ2v) is 10.0. The van der Waals surface area contributed by atoms with Gasteiger partial charge in [-0.05, 0) is 78.8 Å². The van der Waals surface area contributed by atoms with Gasteiger partial charge in [0.15, 0.2) is 11.3 Å². The lowest BCUT2D eigenvalue weighted by Crippen LogP contribution is -1.92. The van der Waals surface area contributed by atoms with Gasteiger partial charge in [-0.15, -0.1) is 0 Å². The summed E-state index contributed by atoms with van der Waals surface area (Å²) in [6, 6.07) is 42.2. The summed E-state index contributed by atoms with van der Waals surface area (Å²) < 4.78 is 6.02. The summed E-state index contributed by atoms with van der Waals surface area (Å²) >= 11 is 0. The Labute approximate surface area is 234 Å². The van der Waals surface area contributed by atoms with Crippen LogP contribution in [0, 0.1) is 22.7 Å². The van der Waals surface area contributed by atoms with Crippen molar-refractivity contribution in [3.05, 3.63) is 121 Å². The first-order valence-electron chi connectivity index (χ1n) is 13.2. The van der Waals surface area contributed by atoms with E-state index in [4.69, 9.17) is 4.42 Å². The second-order valence-electron chi connectivity index (χ2n) is 10.0. The summed E-state index contributed by atoms with van der Waals surface area (Å²) in [4.78, 5) is 8.28. The van der Waals surface area contributed by atoms with E-state index in [1.807, 2.05) is 30.3 Å². The molecular weight excluding hydrogens is 504 g/mol. The Balaban J connectivity index is 1.28. The number of aromatic nitrogens is 2. The van der Waals surface area contributed by atoms with Crippen LogP contribution < -0.4 is 0 Å². The van der Waals surface area contributed by atoms with Gasteiger partial charge in [0.05, 0.1) is 0 Å². The zero-order chi connectivity index (χ0) is 27.5. The number of fused-ring (bicyclic) bond motifs is 9. The number of nitriles is 2. The highest BCUT2D eigenvalue weighted by molar-refractivity contribution is 6.25. The first-order chi connectivity index (χ1) is 20.2. The number of benzene rings is 6. The first kappa shape index (κ1) is 22.9. The lowest BCUT2D eigenvalue weighted by Gasteiger charge is -2.12. The smallest absolute Gasteiger partial charge is 0.234 e. The summed E-state index contributed by atoms with van der Waals surface area (Å²) in [5.74, 6) is -0.0512. The maximum atomic E-state index is 9.52. The fraction of sp³-hybridized carbons (Fsp3) is 0. The molecule has 8 aromatic rings. The van der Waals surface area contributed by atoms with Crippen LogP contribution in [0.4, 0.5) is 0 Å². The van der Waals surface area contributed by atoms with Gasteiger partial charge in [0, 0.05) is 5.39 Å². The molecule has 41 heavy (non-hydrogen) atoms. The van der Waals surface area contributed by atoms with Gasteiger partial charge in [0.2, 0.25) is 5.82 Å². The Kier molecular flexibility index (Phi) is 4.88. The van der Waals surface area contributed by atoms with Crippen molar-refractivity contribution in [3.8, 4) is 34.4 Å². The zero-order valence-electron chi connectivity index (χ0n) is 21.6. The summed E-state index contributed by atoms with van der Waals surface area (Å²) in [6.07, 6.45) is 0. The minimum absolute atomic E-state index is 0.0512. The third kappa shape index (κ3) is 3.47. The lowest BCUT2D eigenvalue weighted by atomic mass is 9.91. The van der Waals surface area contributed by atoms with Crippen molar-refractivity contribution >= 4 is 54.4 Å². The molecule has 0 unspecified atom stereocenters. The van der Waals surface area contributed by atoms with Crippen LogP contribution in [0.15, 0.2) is 114 Å². The van der Waals surface area contributed by atoms with Gasteiger partial charge in [-0.2, -0.15) is 10.5 Å². The molecule has 2 heterocycles. The third-order valence-electron chi connectivity index (χ3n) is 7.79. The molecule has 188 valence electrons. The van der Waals surface area contributed by atoms with Crippen LogP contribution in [0.3, 0.4) is 0 Å². The predicted molar refractivity (Wildman–Crippen MR) is 162 cm³/mol. The molecule has 0 amide bonds. The van der Waals surface area contributed by atoms with E-state index in [0.717, 1.165) is 27.6 Å². The number of hydrogen-bond acceptors (Lipinski definition) is 5. The van der Waals surface area contributed by atoms with Crippen molar-refractivity contribution < 1.29 is 4.42 Å². The molecule has 0 spiro atoms. The van der Waals surface area contributed by atoms with Crippen LogP contribution in [0.1, 0.15) is 11.5 Å². The van der Waals surface area contributed by atoms with Gasteiger partial charge in [0.25, 0.3) is 0 Å². The van der Waals surface area contributed by atoms with Crippen LogP contribution in [0.2, 0.25) is 0 Å². The van der Waals surface area contributed by atoms with Crippen molar-refractivity contribution in [1.82, 2.24) is 9.97 Å². The monoisotopic (exact) mass is 522 g/mol. The molecule has 0 aliphatic heterocycles. The molecule has 2 aromatic heterocycles. The molecule has 5 heteroatoms. The zero-order valence-corrected chi connectivity index (χ0v) is 21.6. The number of furan rings is 1. The van der Waals surface area contributed by atoms with Crippen LogP contribution >= 0.6 is 0 Å². The summed E-state index contributed by atoms with van der Waals surface area (Å²) in [5, 5.41) is 27.0. The van der Waals surface area contributed by atoms with E-state index in [-0.39, 0.29) is 11.5 Å². The van der Waals surface area contributed by atoms with Crippen molar-refractivity contribution in [2.45, 2.75) is 0 Å². The van der Waals surface area contributed by atoms with Gasteiger partial charge in [-0.25, -0.2) is 9.97 Å². The standard InChI is InChI=1S/C36H18N4O/c37-19-32-36-35(40-34(20-38)39-32)30-15-13-24(18-33(30)41-36)22-7-5-6-21(16-22)23-12-14-29-27-10-2-1-8-25(27)26-9-3-4-11-28(26)31(29)17-23/h1-18H. The molecule has 5 nitrogen and oxygen atoms in total. The van der Waals surface area contributed by atoms with E-state index >= 15 is 0 Å². The second kappa shape index (κ2) is 8.74. The third-order valence-corrected chi connectivity index (χ3v) is 7.79. The Morgan fingerprint density at radius 3 is 1.68 bits per heavy atom. The average Bonchev–Trinajstić information content (AvgIpc) is 3.42. The van der Waals surface area contributed by atoms with E-state index < -0.39 is 0 Å². The van der Waals surface area contributed by atoms with E-state index in [2.05, 4.69) is 101 Å². The Morgan fingerprint density at radius 2 is 1.05 bits per heavy atom. The number of nitrogens with zero attached hydrogens (tertiary/aromatic N) is 4. The molecule has 6 aromatic carbocycles. The Hall–Kier alpha value is -6.04. The summed E-state index contributed by atoms with van der Waals surface area (Å²) in [6.45, 7) is 0. The fourth-order valence-corrected chi connectivity index (χ4v) is 5.91. The van der Waals surface area contributed by atoms with Crippen LogP contribution in [-0.4, -0.2) is 9.97 Å². The maximum absolute atomic E-state index is 9.52. The highest BCUT2D eigenvalue weighted by Crippen LogP contribution is 2.38.